The maximum atomic E-state index is 12.2. The van der Waals surface area contributed by atoms with Gasteiger partial charge in [0.2, 0.25) is 0 Å². The van der Waals surface area contributed by atoms with Gasteiger partial charge >= 0.3 is 6.18 Å². The van der Waals surface area contributed by atoms with Gasteiger partial charge in [-0.15, -0.1) is 0 Å². The highest BCUT2D eigenvalue weighted by atomic mass is 19.4. The Labute approximate surface area is 116 Å². The van der Waals surface area contributed by atoms with Crippen LogP contribution in [0.2, 0.25) is 0 Å². The van der Waals surface area contributed by atoms with Gasteiger partial charge < -0.3 is 9.84 Å². The van der Waals surface area contributed by atoms with Gasteiger partial charge in [-0.25, -0.2) is 0 Å². The molecular weight excluding hydrogens is 269 g/mol. The van der Waals surface area contributed by atoms with Crippen molar-refractivity contribution in [3.63, 3.8) is 0 Å². The van der Waals surface area contributed by atoms with Gasteiger partial charge in [-0.2, -0.15) is 13.2 Å². The Kier molecular flexibility index (Phi) is 4.28. The van der Waals surface area contributed by atoms with Crippen LogP contribution in [0, 0.1) is 0 Å². The second-order valence-corrected chi connectivity index (χ2v) is 5.50. The van der Waals surface area contributed by atoms with E-state index >= 15 is 0 Å². The van der Waals surface area contributed by atoms with Crippen LogP contribution in [0.25, 0.3) is 0 Å². The van der Waals surface area contributed by atoms with Gasteiger partial charge in [0.1, 0.15) is 5.75 Å². The van der Waals surface area contributed by atoms with E-state index in [2.05, 4.69) is 0 Å². The second-order valence-electron chi connectivity index (χ2n) is 5.50. The predicted molar refractivity (Wildman–Crippen MR) is 69.9 cm³/mol. The summed E-state index contributed by atoms with van der Waals surface area (Å²) >= 11 is 0. The van der Waals surface area contributed by atoms with Gasteiger partial charge in [0.15, 0.2) is 0 Å². The predicted octanol–water partition coefficient (Wildman–Crippen LogP) is 3.65. The van der Waals surface area contributed by atoms with Crippen LogP contribution in [0.5, 0.6) is 5.75 Å². The quantitative estimate of drug-likeness (QED) is 0.916. The molecule has 1 N–H and O–H groups in total. The summed E-state index contributed by atoms with van der Waals surface area (Å²) in [5, 5.41) is 10.5. The maximum absolute atomic E-state index is 12.2. The van der Waals surface area contributed by atoms with E-state index < -0.39 is 18.2 Å². The molecular formula is C15H19F3O2. The van der Waals surface area contributed by atoms with Crippen molar-refractivity contribution in [1.29, 1.82) is 0 Å². The van der Waals surface area contributed by atoms with Crippen molar-refractivity contribution in [2.45, 2.75) is 50.3 Å². The van der Waals surface area contributed by atoms with Crippen LogP contribution in [0.3, 0.4) is 0 Å². The second kappa shape index (κ2) is 5.64. The van der Waals surface area contributed by atoms with Crippen molar-refractivity contribution in [3.05, 3.63) is 29.3 Å². The molecule has 0 saturated carbocycles. The molecule has 5 heteroatoms. The lowest BCUT2D eigenvalue weighted by Crippen LogP contribution is -2.36. The largest absolute Gasteiger partial charge is 0.497 e. The summed E-state index contributed by atoms with van der Waals surface area (Å²) < 4.78 is 41.7. The molecule has 1 aromatic carbocycles. The first-order chi connectivity index (χ1) is 9.31. The molecule has 112 valence electrons. The number of ether oxygens (including phenoxy) is 1. The number of rotatable bonds is 4. The number of alkyl halides is 3. The third-order valence-electron chi connectivity index (χ3n) is 3.90. The fourth-order valence-corrected chi connectivity index (χ4v) is 2.78. The molecule has 1 aliphatic rings. The summed E-state index contributed by atoms with van der Waals surface area (Å²) in [7, 11) is 1.57. The Morgan fingerprint density at radius 1 is 1.30 bits per heavy atom. The molecule has 20 heavy (non-hydrogen) atoms. The van der Waals surface area contributed by atoms with E-state index in [4.69, 9.17) is 4.74 Å². The first-order valence-corrected chi connectivity index (χ1v) is 6.76. The van der Waals surface area contributed by atoms with Crippen LogP contribution in [-0.4, -0.2) is 24.0 Å². The monoisotopic (exact) mass is 288 g/mol. The molecule has 0 aliphatic heterocycles. The summed E-state index contributed by atoms with van der Waals surface area (Å²) in [6, 6.07) is 5.69. The fraction of sp³-hybridized carbons (Fsp3) is 0.600. The van der Waals surface area contributed by atoms with Crippen molar-refractivity contribution in [3.8, 4) is 5.75 Å². The van der Waals surface area contributed by atoms with E-state index in [0.29, 0.717) is 25.0 Å². The first-order valence-electron chi connectivity index (χ1n) is 6.76. The number of aryl methyl sites for hydroxylation is 1. The number of hydrogen-bond acceptors (Lipinski definition) is 2. The normalized spacial score (nSPS) is 22.4. The number of fused-ring (bicyclic) bond motifs is 1. The molecule has 1 atom stereocenters. The number of benzene rings is 1. The molecule has 0 bridgehead atoms. The molecule has 0 amide bonds. The molecule has 0 saturated heterocycles. The Morgan fingerprint density at radius 3 is 2.70 bits per heavy atom. The Bertz CT molecular complexity index is 471. The highest BCUT2D eigenvalue weighted by Gasteiger charge is 2.34. The van der Waals surface area contributed by atoms with Gasteiger partial charge in [0, 0.05) is 12.8 Å². The minimum absolute atomic E-state index is 0.0285. The number of methoxy groups -OCH3 is 1. The summed E-state index contributed by atoms with van der Waals surface area (Å²) in [5.74, 6) is 0.711. The summed E-state index contributed by atoms with van der Waals surface area (Å²) in [4.78, 5) is 0. The smallest absolute Gasteiger partial charge is 0.389 e. The van der Waals surface area contributed by atoms with Crippen LogP contribution in [-0.2, 0) is 12.8 Å². The molecule has 1 unspecified atom stereocenters. The third-order valence-corrected chi connectivity index (χ3v) is 3.90. The molecule has 0 spiro atoms. The minimum atomic E-state index is -4.15. The first kappa shape index (κ1) is 15.2. The third kappa shape index (κ3) is 3.88. The van der Waals surface area contributed by atoms with E-state index in [9.17, 15) is 18.3 Å². The van der Waals surface area contributed by atoms with Crippen molar-refractivity contribution in [1.82, 2.24) is 0 Å². The summed E-state index contributed by atoms with van der Waals surface area (Å²) in [6.45, 7) is 0. The highest BCUT2D eigenvalue weighted by Crippen LogP contribution is 2.35. The summed E-state index contributed by atoms with van der Waals surface area (Å²) in [6.07, 6.45) is -3.21. The Hall–Kier alpha value is -1.23. The lowest BCUT2D eigenvalue weighted by Gasteiger charge is -2.34. The Balaban J connectivity index is 2.01. The van der Waals surface area contributed by atoms with Crippen molar-refractivity contribution in [2.24, 2.45) is 0 Å². The summed E-state index contributed by atoms with van der Waals surface area (Å²) in [5.41, 5.74) is 1.10. The number of hydrogen-bond donors (Lipinski definition) is 1. The SMILES string of the molecule is COc1ccc2c(c1)CC(O)(CCCC(F)(F)F)CC2. The van der Waals surface area contributed by atoms with E-state index in [0.717, 1.165) is 11.1 Å². The maximum Gasteiger partial charge on any atom is 0.389 e. The van der Waals surface area contributed by atoms with Gasteiger partial charge in [0.25, 0.3) is 0 Å². The standard InChI is InChI=1S/C15H19F3O2/c1-20-13-4-3-11-5-8-14(19,10-12(11)9-13)6-2-7-15(16,17)18/h3-4,9,19H,2,5-8,10H2,1H3. The molecule has 1 aliphatic carbocycles. The van der Waals surface area contributed by atoms with Crippen molar-refractivity contribution < 1.29 is 23.0 Å². The fourth-order valence-electron chi connectivity index (χ4n) is 2.78. The van der Waals surface area contributed by atoms with Crippen LogP contribution < -0.4 is 4.74 Å². The lowest BCUT2D eigenvalue weighted by molar-refractivity contribution is -0.138. The zero-order chi connectivity index (χ0) is 14.8. The zero-order valence-electron chi connectivity index (χ0n) is 11.5. The van der Waals surface area contributed by atoms with Gasteiger partial charge in [-0.1, -0.05) is 6.07 Å². The molecule has 0 radical (unpaired) electrons. The molecule has 2 rings (SSSR count). The highest BCUT2D eigenvalue weighted by molar-refractivity contribution is 5.38. The number of halogens is 3. The van der Waals surface area contributed by atoms with Gasteiger partial charge in [-0.05, 0) is 48.9 Å². The average molecular weight is 288 g/mol. The lowest BCUT2D eigenvalue weighted by atomic mass is 9.78. The van der Waals surface area contributed by atoms with Gasteiger partial charge in [-0.3, -0.25) is 0 Å². The Morgan fingerprint density at radius 2 is 2.05 bits per heavy atom. The van der Waals surface area contributed by atoms with Crippen LogP contribution >= 0.6 is 0 Å². The van der Waals surface area contributed by atoms with Crippen LogP contribution in [0.15, 0.2) is 18.2 Å². The van der Waals surface area contributed by atoms with E-state index in [1.165, 1.54) is 0 Å². The molecule has 0 heterocycles. The van der Waals surface area contributed by atoms with Gasteiger partial charge in [0.05, 0.1) is 12.7 Å². The van der Waals surface area contributed by atoms with Crippen molar-refractivity contribution in [2.75, 3.05) is 7.11 Å². The van der Waals surface area contributed by atoms with E-state index in [1.807, 2.05) is 18.2 Å². The average Bonchev–Trinajstić information content (AvgIpc) is 2.36. The van der Waals surface area contributed by atoms with Crippen LogP contribution in [0.4, 0.5) is 13.2 Å². The molecule has 1 aromatic rings. The van der Waals surface area contributed by atoms with Crippen molar-refractivity contribution >= 4 is 0 Å². The van der Waals surface area contributed by atoms with E-state index in [-0.39, 0.29) is 12.8 Å². The minimum Gasteiger partial charge on any atom is -0.497 e. The van der Waals surface area contributed by atoms with Crippen LogP contribution in [0.1, 0.15) is 36.8 Å². The molecule has 0 fully saturated rings. The zero-order valence-corrected chi connectivity index (χ0v) is 11.5. The van der Waals surface area contributed by atoms with E-state index in [1.54, 1.807) is 7.11 Å². The topological polar surface area (TPSA) is 29.5 Å². The molecule has 2 nitrogen and oxygen atoms in total. The number of aliphatic hydroxyl groups is 1. The molecule has 0 aromatic heterocycles.